The van der Waals surface area contributed by atoms with Crippen molar-refractivity contribution in [1.29, 1.82) is 0 Å². The minimum absolute atomic E-state index is 0.116. The van der Waals surface area contributed by atoms with Crippen molar-refractivity contribution >= 4 is 35.0 Å². The van der Waals surface area contributed by atoms with Crippen LogP contribution in [-0.2, 0) is 4.74 Å². The van der Waals surface area contributed by atoms with Gasteiger partial charge in [0.25, 0.3) is 0 Å². The van der Waals surface area contributed by atoms with Crippen LogP contribution in [-0.4, -0.2) is 40.3 Å². The number of hydrogen-bond acceptors (Lipinski definition) is 7. The van der Waals surface area contributed by atoms with Crippen molar-refractivity contribution in [2.24, 2.45) is 0 Å². The molecule has 2 aromatic carbocycles. The minimum atomic E-state index is -0.420. The zero-order chi connectivity index (χ0) is 23.8. The van der Waals surface area contributed by atoms with Crippen molar-refractivity contribution in [3.8, 4) is 11.4 Å². The molecule has 0 amide bonds. The lowest BCUT2D eigenvalue weighted by Gasteiger charge is -2.33. The van der Waals surface area contributed by atoms with Crippen LogP contribution in [0, 0.1) is 0 Å². The summed E-state index contributed by atoms with van der Waals surface area (Å²) in [7, 11) is 3.42. The molecular formula is C24H22Cl2N6O2. The summed E-state index contributed by atoms with van der Waals surface area (Å²) < 4.78 is 13.9. The van der Waals surface area contributed by atoms with Gasteiger partial charge in [0.15, 0.2) is 0 Å². The zero-order valence-electron chi connectivity index (χ0n) is 18.5. The van der Waals surface area contributed by atoms with Gasteiger partial charge in [-0.3, -0.25) is 0 Å². The highest BCUT2D eigenvalue weighted by Gasteiger charge is 2.35. The standard InChI is InChI=1S/C24H22Cl2N6O2/c1-28-23-20-21(30-24(27)31-23)16(13-3-6-15(25)7-4-13)11-34-22(20)14-5-8-17(18(9-14)33-2)32-10-19(26)29-12-32/h3-10,12,16,22H,11H2,1-2H3,(H3,27,28,30,31). The predicted molar refractivity (Wildman–Crippen MR) is 132 cm³/mol. The Hall–Kier alpha value is -3.33. The monoisotopic (exact) mass is 496 g/mol. The Bertz CT molecular complexity index is 1340. The van der Waals surface area contributed by atoms with Crippen molar-refractivity contribution in [3.63, 3.8) is 0 Å². The number of rotatable bonds is 5. The first-order valence-corrected chi connectivity index (χ1v) is 11.3. The molecule has 1 aliphatic rings. The van der Waals surface area contributed by atoms with Gasteiger partial charge in [-0.15, -0.1) is 0 Å². The number of aromatic nitrogens is 4. The summed E-state index contributed by atoms with van der Waals surface area (Å²) in [6.07, 6.45) is 2.94. The van der Waals surface area contributed by atoms with Gasteiger partial charge in [0, 0.05) is 18.3 Å². The van der Waals surface area contributed by atoms with Crippen molar-refractivity contribution in [2.75, 3.05) is 31.8 Å². The van der Waals surface area contributed by atoms with Gasteiger partial charge in [0.1, 0.15) is 29.2 Å². The molecule has 3 heterocycles. The van der Waals surface area contributed by atoms with Gasteiger partial charge in [0.05, 0.1) is 36.6 Å². The molecule has 2 atom stereocenters. The highest BCUT2D eigenvalue weighted by atomic mass is 35.5. The number of anilines is 2. The van der Waals surface area contributed by atoms with Gasteiger partial charge < -0.3 is 25.1 Å². The normalized spacial score (nSPS) is 17.3. The number of halogens is 2. The van der Waals surface area contributed by atoms with E-state index in [0.717, 1.165) is 28.1 Å². The zero-order valence-corrected chi connectivity index (χ0v) is 20.0. The first-order valence-electron chi connectivity index (χ1n) is 10.6. The van der Waals surface area contributed by atoms with Crippen LogP contribution in [0.2, 0.25) is 10.2 Å². The Kier molecular flexibility index (Phi) is 6.03. The largest absolute Gasteiger partial charge is 0.495 e. The summed E-state index contributed by atoms with van der Waals surface area (Å²) in [5.41, 5.74) is 10.5. The molecule has 0 radical (unpaired) electrons. The number of fused-ring (bicyclic) bond motifs is 1. The maximum absolute atomic E-state index is 6.43. The molecule has 2 unspecified atom stereocenters. The van der Waals surface area contributed by atoms with Gasteiger partial charge in [-0.1, -0.05) is 41.4 Å². The van der Waals surface area contributed by atoms with Crippen LogP contribution in [0.25, 0.3) is 5.69 Å². The molecule has 4 aromatic rings. The molecular weight excluding hydrogens is 475 g/mol. The van der Waals surface area contributed by atoms with Crippen LogP contribution >= 0.6 is 23.2 Å². The summed E-state index contributed by atoms with van der Waals surface area (Å²) in [6, 6.07) is 13.5. The van der Waals surface area contributed by atoms with Gasteiger partial charge in [-0.25, -0.2) is 9.97 Å². The third kappa shape index (κ3) is 4.04. The Balaban J connectivity index is 1.61. The molecule has 0 bridgehead atoms. The minimum Gasteiger partial charge on any atom is -0.495 e. The molecule has 0 aliphatic carbocycles. The predicted octanol–water partition coefficient (Wildman–Crippen LogP) is 4.85. The van der Waals surface area contributed by atoms with Crippen LogP contribution in [0.4, 0.5) is 11.8 Å². The van der Waals surface area contributed by atoms with E-state index >= 15 is 0 Å². The molecule has 3 N–H and O–H groups in total. The SMILES string of the molecule is CNc1nc(N)nc2c1C(c1ccc(-n3cnc(Cl)c3)c(OC)c1)OCC2c1ccc(Cl)cc1. The molecule has 5 rings (SSSR count). The number of nitrogens with one attached hydrogen (secondary N) is 1. The Labute approximate surface area is 206 Å². The van der Waals surface area contributed by atoms with Crippen LogP contribution in [0.5, 0.6) is 5.75 Å². The second-order valence-electron chi connectivity index (χ2n) is 7.83. The van der Waals surface area contributed by atoms with E-state index in [9.17, 15) is 0 Å². The van der Waals surface area contributed by atoms with Crippen LogP contribution in [0.15, 0.2) is 55.0 Å². The van der Waals surface area contributed by atoms with E-state index < -0.39 is 6.10 Å². The molecule has 0 fully saturated rings. The quantitative estimate of drug-likeness (QED) is 0.407. The summed E-state index contributed by atoms with van der Waals surface area (Å²) >= 11 is 12.1. The van der Waals surface area contributed by atoms with E-state index in [2.05, 4.69) is 20.3 Å². The lowest BCUT2D eigenvalue weighted by atomic mass is 9.87. The van der Waals surface area contributed by atoms with Crippen LogP contribution in [0.1, 0.15) is 34.4 Å². The molecule has 2 aromatic heterocycles. The highest BCUT2D eigenvalue weighted by Crippen LogP contribution is 2.44. The Morgan fingerprint density at radius 2 is 1.88 bits per heavy atom. The number of nitrogens with two attached hydrogens (primary N) is 1. The van der Waals surface area contributed by atoms with Gasteiger partial charge in [0.2, 0.25) is 5.95 Å². The number of methoxy groups -OCH3 is 1. The topological polar surface area (TPSA) is 100 Å². The van der Waals surface area contributed by atoms with E-state index in [1.165, 1.54) is 0 Å². The van der Waals surface area contributed by atoms with Crippen LogP contribution in [0.3, 0.4) is 0 Å². The average Bonchev–Trinajstić information content (AvgIpc) is 3.29. The lowest BCUT2D eigenvalue weighted by Crippen LogP contribution is -2.26. The van der Waals surface area contributed by atoms with E-state index in [0.29, 0.717) is 28.3 Å². The van der Waals surface area contributed by atoms with Gasteiger partial charge in [-0.2, -0.15) is 4.98 Å². The fourth-order valence-electron chi connectivity index (χ4n) is 4.29. The molecule has 0 spiro atoms. The van der Waals surface area contributed by atoms with Crippen molar-refractivity contribution in [2.45, 2.75) is 12.0 Å². The second-order valence-corrected chi connectivity index (χ2v) is 8.66. The van der Waals surface area contributed by atoms with E-state index in [1.807, 2.05) is 42.5 Å². The third-order valence-electron chi connectivity index (χ3n) is 5.86. The molecule has 1 aliphatic heterocycles. The Morgan fingerprint density at radius 1 is 1.12 bits per heavy atom. The molecule has 10 heteroatoms. The average molecular weight is 497 g/mol. The fourth-order valence-corrected chi connectivity index (χ4v) is 4.56. The summed E-state index contributed by atoms with van der Waals surface area (Å²) in [5.74, 6) is 1.36. The highest BCUT2D eigenvalue weighted by molar-refractivity contribution is 6.30. The van der Waals surface area contributed by atoms with Crippen molar-refractivity contribution in [1.82, 2.24) is 19.5 Å². The van der Waals surface area contributed by atoms with E-state index in [4.69, 9.17) is 38.4 Å². The second kappa shape index (κ2) is 9.13. The number of nitrogen functional groups attached to an aromatic ring is 1. The lowest BCUT2D eigenvalue weighted by molar-refractivity contribution is 0.0588. The Morgan fingerprint density at radius 3 is 2.56 bits per heavy atom. The molecule has 0 saturated carbocycles. The molecule has 174 valence electrons. The number of imidazole rings is 1. The van der Waals surface area contributed by atoms with Crippen molar-refractivity contribution < 1.29 is 9.47 Å². The summed E-state index contributed by atoms with van der Waals surface area (Å²) in [5, 5.41) is 4.22. The molecule has 34 heavy (non-hydrogen) atoms. The summed E-state index contributed by atoms with van der Waals surface area (Å²) in [4.78, 5) is 13.2. The van der Waals surface area contributed by atoms with Gasteiger partial charge >= 0.3 is 0 Å². The van der Waals surface area contributed by atoms with Gasteiger partial charge in [-0.05, 0) is 35.4 Å². The number of hydrogen-bond donors (Lipinski definition) is 2. The first-order chi connectivity index (χ1) is 16.5. The first kappa shape index (κ1) is 22.5. The van der Waals surface area contributed by atoms with E-state index in [-0.39, 0.29) is 11.9 Å². The summed E-state index contributed by atoms with van der Waals surface area (Å²) in [6.45, 7) is 0.417. The number of benzene rings is 2. The maximum Gasteiger partial charge on any atom is 0.222 e. The molecule has 8 nitrogen and oxygen atoms in total. The third-order valence-corrected chi connectivity index (χ3v) is 6.31. The van der Waals surface area contributed by atoms with Crippen LogP contribution < -0.4 is 15.8 Å². The van der Waals surface area contributed by atoms with Crippen molar-refractivity contribution in [3.05, 3.63) is 87.5 Å². The fraction of sp³-hybridized carbons (Fsp3) is 0.208. The smallest absolute Gasteiger partial charge is 0.222 e. The molecule has 0 saturated heterocycles. The number of ether oxygens (including phenoxy) is 2. The number of nitrogens with zero attached hydrogens (tertiary/aromatic N) is 4. The van der Waals surface area contributed by atoms with E-state index in [1.54, 1.807) is 31.2 Å². The maximum atomic E-state index is 6.43.